The number of likely N-dealkylation sites (tertiary alicyclic amines) is 1. The van der Waals surface area contributed by atoms with Crippen LogP contribution in [0.1, 0.15) is 35.3 Å². The molecule has 1 unspecified atom stereocenters. The van der Waals surface area contributed by atoms with Crippen molar-refractivity contribution in [1.29, 1.82) is 0 Å². The lowest BCUT2D eigenvalue weighted by Gasteiger charge is -2.17. The maximum absolute atomic E-state index is 12.8. The predicted octanol–water partition coefficient (Wildman–Crippen LogP) is 2.95. The van der Waals surface area contributed by atoms with Crippen molar-refractivity contribution in [2.24, 2.45) is 0 Å². The molecule has 6 nitrogen and oxygen atoms in total. The first-order chi connectivity index (χ1) is 12.2. The van der Waals surface area contributed by atoms with Crippen molar-refractivity contribution in [2.75, 3.05) is 18.4 Å². The van der Waals surface area contributed by atoms with Gasteiger partial charge in [0.15, 0.2) is 0 Å². The summed E-state index contributed by atoms with van der Waals surface area (Å²) < 4.78 is 40.1. The van der Waals surface area contributed by atoms with Gasteiger partial charge in [-0.05, 0) is 24.6 Å². The quantitative estimate of drug-likeness (QED) is 0.908. The van der Waals surface area contributed by atoms with Gasteiger partial charge in [0.1, 0.15) is 0 Å². The number of nitrogens with zero attached hydrogens (tertiary/aromatic N) is 3. The first-order valence-corrected chi connectivity index (χ1v) is 8.02. The van der Waals surface area contributed by atoms with E-state index in [1.54, 1.807) is 10.9 Å². The van der Waals surface area contributed by atoms with Crippen molar-refractivity contribution >= 4 is 17.5 Å². The molecule has 1 atom stereocenters. The van der Waals surface area contributed by atoms with Gasteiger partial charge in [-0.3, -0.25) is 14.3 Å². The van der Waals surface area contributed by atoms with Crippen LogP contribution in [-0.2, 0) is 11.0 Å². The average molecular weight is 366 g/mol. The molecule has 9 heteroatoms. The molecule has 0 saturated carbocycles. The van der Waals surface area contributed by atoms with Crippen LogP contribution in [0.25, 0.3) is 0 Å². The third kappa shape index (κ3) is 3.87. The summed E-state index contributed by atoms with van der Waals surface area (Å²) in [4.78, 5) is 25.1. The van der Waals surface area contributed by atoms with Gasteiger partial charge in [0.2, 0.25) is 5.91 Å². The number of carbonyl (C=O) groups is 2. The molecule has 1 aliphatic rings. The number of nitrogens with one attached hydrogen (secondary N) is 1. The van der Waals surface area contributed by atoms with Gasteiger partial charge in [-0.15, -0.1) is 0 Å². The Balaban J connectivity index is 1.69. The van der Waals surface area contributed by atoms with Gasteiger partial charge in [0, 0.05) is 31.8 Å². The highest BCUT2D eigenvalue weighted by Crippen LogP contribution is 2.30. The molecule has 1 aromatic heterocycles. The topological polar surface area (TPSA) is 67.2 Å². The van der Waals surface area contributed by atoms with E-state index in [4.69, 9.17) is 0 Å². The van der Waals surface area contributed by atoms with Gasteiger partial charge in [-0.1, -0.05) is 6.07 Å². The van der Waals surface area contributed by atoms with Crippen molar-refractivity contribution in [2.45, 2.75) is 25.6 Å². The fourth-order valence-corrected chi connectivity index (χ4v) is 2.96. The van der Waals surface area contributed by atoms with Crippen LogP contribution in [0.5, 0.6) is 0 Å². The zero-order chi connectivity index (χ0) is 18.9. The predicted molar refractivity (Wildman–Crippen MR) is 87.5 cm³/mol. The monoisotopic (exact) mass is 366 g/mol. The first-order valence-electron chi connectivity index (χ1n) is 8.02. The zero-order valence-electron chi connectivity index (χ0n) is 14.0. The summed E-state index contributed by atoms with van der Waals surface area (Å²) in [5, 5.41) is 6.80. The number of carbonyl (C=O) groups excluding carboxylic acids is 2. The van der Waals surface area contributed by atoms with Crippen LogP contribution < -0.4 is 5.32 Å². The summed E-state index contributed by atoms with van der Waals surface area (Å²) in [5.41, 5.74) is -0.272. The third-order valence-electron chi connectivity index (χ3n) is 4.18. The number of benzene rings is 1. The van der Waals surface area contributed by atoms with E-state index in [0.717, 1.165) is 12.1 Å². The maximum Gasteiger partial charge on any atom is 0.416 e. The second-order valence-corrected chi connectivity index (χ2v) is 6.16. The number of anilines is 1. The summed E-state index contributed by atoms with van der Waals surface area (Å²) >= 11 is 0. The molecular weight excluding hydrogens is 349 g/mol. The smallest absolute Gasteiger partial charge is 0.336 e. The van der Waals surface area contributed by atoms with Crippen molar-refractivity contribution < 1.29 is 22.8 Å². The van der Waals surface area contributed by atoms with Crippen LogP contribution in [0.4, 0.5) is 18.9 Å². The largest absolute Gasteiger partial charge is 0.416 e. The van der Waals surface area contributed by atoms with Gasteiger partial charge in [0.25, 0.3) is 5.91 Å². The lowest BCUT2D eigenvalue weighted by atomic mass is 10.1. The molecule has 1 N–H and O–H groups in total. The minimum absolute atomic E-state index is 0.0138. The molecule has 1 aliphatic heterocycles. The van der Waals surface area contributed by atoms with E-state index in [1.165, 1.54) is 30.2 Å². The Morgan fingerprint density at radius 1 is 1.31 bits per heavy atom. The van der Waals surface area contributed by atoms with E-state index < -0.39 is 17.6 Å². The minimum Gasteiger partial charge on any atom is -0.336 e. The molecule has 138 valence electrons. The van der Waals surface area contributed by atoms with E-state index in [2.05, 4.69) is 10.4 Å². The van der Waals surface area contributed by atoms with Crippen LogP contribution >= 0.6 is 0 Å². The minimum atomic E-state index is -4.49. The maximum atomic E-state index is 12.8. The molecular formula is C17H17F3N4O2. The number of rotatable bonds is 3. The molecule has 1 saturated heterocycles. The number of amides is 2. The Bertz CT molecular complexity index is 831. The standard InChI is InChI=1S/C17H17F3N4O2/c1-11(25)22-14-8-21-24(9-14)15-5-6-23(10-15)16(26)12-3-2-4-13(7-12)17(18,19)20/h2-4,7-9,15H,5-6,10H2,1H3,(H,22,25). The van der Waals surface area contributed by atoms with Gasteiger partial charge in [-0.2, -0.15) is 18.3 Å². The summed E-state index contributed by atoms with van der Waals surface area (Å²) in [5.74, 6) is -0.648. The molecule has 26 heavy (non-hydrogen) atoms. The lowest BCUT2D eigenvalue weighted by molar-refractivity contribution is -0.137. The van der Waals surface area contributed by atoms with Gasteiger partial charge < -0.3 is 10.2 Å². The van der Waals surface area contributed by atoms with E-state index in [9.17, 15) is 22.8 Å². The van der Waals surface area contributed by atoms with Gasteiger partial charge in [0.05, 0.1) is 23.5 Å². The summed E-state index contributed by atoms with van der Waals surface area (Å²) in [7, 11) is 0. The van der Waals surface area contributed by atoms with Crippen molar-refractivity contribution in [1.82, 2.24) is 14.7 Å². The molecule has 0 spiro atoms. The Kier molecular flexibility index (Phi) is 4.71. The van der Waals surface area contributed by atoms with Crippen molar-refractivity contribution in [3.05, 3.63) is 47.8 Å². The molecule has 0 aliphatic carbocycles. The molecule has 2 aromatic rings. The first kappa shape index (κ1) is 18.0. The van der Waals surface area contributed by atoms with E-state index in [1.807, 2.05) is 0 Å². The number of hydrogen-bond acceptors (Lipinski definition) is 3. The van der Waals surface area contributed by atoms with Crippen molar-refractivity contribution in [3.63, 3.8) is 0 Å². The summed E-state index contributed by atoms with van der Waals surface area (Å²) in [6, 6.07) is 4.34. The second-order valence-electron chi connectivity index (χ2n) is 6.16. The highest BCUT2D eigenvalue weighted by molar-refractivity contribution is 5.94. The van der Waals surface area contributed by atoms with E-state index in [-0.39, 0.29) is 17.5 Å². The molecule has 3 rings (SSSR count). The zero-order valence-corrected chi connectivity index (χ0v) is 14.0. The highest BCUT2D eigenvalue weighted by Gasteiger charge is 2.33. The Hall–Kier alpha value is -2.84. The SMILES string of the molecule is CC(=O)Nc1cnn(C2CCN(C(=O)c3cccc(C(F)(F)F)c3)C2)c1. The van der Waals surface area contributed by atoms with E-state index >= 15 is 0 Å². The Labute approximate surface area is 147 Å². The number of hydrogen-bond donors (Lipinski definition) is 1. The Morgan fingerprint density at radius 3 is 2.77 bits per heavy atom. The fraction of sp³-hybridized carbons (Fsp3) is 0.353. The molecule has 0 bridgehead atoms. The molecule has 1 aromatic carbocycles. The van der Waals surface area contributed by atoms with Gasteiger partial charge in [-0.25, -0.2) is 0 Å². The lowest BCUT2D eigenvalue weighted by Crippen LogP contribution is -2.29. The number of aromatic nitrogens is 2. The molecule has 0 radical (unpaired) electrons. The number of alkyl halides is 3. The van der Waals surface area contributed by atoms with Crippen LogP contribution in [0.2, 0.25) is 0 Å². The van der Waals surface area contributed by atoms with Gasteiger partial charge >= 0.3 is 6.18 Å². The van der Waals surface area contributed by atoms with Crippen LogP contribution in [0.3, 0.4) is 0 Å². The van der Waals surface area contributed by atoms with Crippen LogP contribution in [0, 0.1) is 0 Å². The normalized spacial score (nSPS) is 17.4. The highest BCUT2D eigenvalue weighted by atomic mass is 19.4. The summed E-state index contributed by atoms with van der Waals surface area (Å²) in [6.07, 6.45) is -0.673. The van der Waals surface area contributed by atoms with Crippen LogP contribution in [-0.4, -0.2) is 39.6 Å². The third-order valence-corrected chi connectivity index (χ3v) is 4.18. The van der Waals surface area contributed by atoms with E-state index in [0.29, 0.717) is 25.2 Å². The Morgan fingerprint density at radius 2 is 2.08 bits per heavy atom. The molecule has 2 heterocycles. The van der Waals surface area contributed by atoms with Crippen LogP contribution in [0.15, 0.2) is 36.7 Å². The second kappa shape index (κ2) is 6.81. The van der Waals surface area contributed by atoms with Crippen molar-refractivity contribution in [3.8, 4) is 0 Å². The fourth-order valence-electron chi connectivity index (χ4n) is 2.96. The average Bonchev–Trinajstić information content (AvgIpc) is 3.22. The molecule has 1 fully saturated rings. The summed E-state index contributed by atoms with van der Waals surface area (Å²) in [6.45, 7) is 2.16. The number of halogens is 3. The molecule has 2 amide bonds.